The largest absolute Gasteiger partial charge is 0.466 e. The number of likely N-dealkylation sites (N-methyl/N-ethyl adjacent to an activating group) is 1. The van der Waals surface area contributed by atoms with Crippen molar-refractivity contribution in [3.05, 3.63) is 23.2 Å². The van der Waals surface area contributed by atoms with E-state index in [4.69, 9.17) is 4.42 Å². The normalized spacial score (nSPS) is 10.5. The smallest absolute Gasteiger partial charge is 0.104 e. The fourth-order valence-corrected chi connectivity index (χ4v) is 1.19. The molecule has 0 spiro atoms. The van der Waals surface area contributed by atoms with E-state index in [1.165, 1.54) is 5.56 Å². The van der Waals surface area contributed by atoms with E-state index in [9.17, 15) is 0 Å². The van der Waals surface area contributed by atoms with Gasteiger partial charge in [0.05, 0.1) is 0 Å². The fourth-order valence-electron chi connectivity index (χ4n) is 1.19. The van der Waals surface area contributed by atoms with Crippen LogP contribution in [0.15, 0.2) is 10.5 Å². The van der Waals surface area contributed by atoms with Gasteiger partial charge in [0.2, 0.25) is 0 Å². The lowest BCUT2D eigenvalue weighted by Crippen LogP contribution is -2.10. The molecule has 1 aromatic heterocycles. The molecule has 1 heterocycles. The molecule has 62 valence electrons. The number of furan rings is 1. The summed E-state index contributed by atoms with van der Waals surface area (Å²) in [7, 11) is 1.96. The monoisotopic (exact) mass is 153 g/mol. The van der Waals surface area contributed by atoms with Gasteiger partial charge in [-0.2, -0.15) is 0 Å². The third-order valence-corrected chi connectivity index (χ3v) is 1.79. The Morgan fingerprint density at radius 3 is 2.64 bits per heavy atom. The Kier molecular flexibility index (Phi) is 2.71. The first-order valence-corrected chi connectivity index (χ1v) is 3.94. The minimum absolute atomic E-state index is 1.01. The fraction of sp³-hybridized carbons (Fsp3) is 0.556. The van der Waals surface area contributed by atoms with Gasteiger partial charge >= 0.3 is 0 Å². The zero-order valence-electron chi connectivity index (χ0n) is 7.40. The summed E-state index contributed by atoms with van der Waals surface area (Å²) < 4.78 is 5.38. The van der Waals surface area contributed by atoms with Crippen LogP contribution in [0.1, 0.15) is 17.1 Å². The van der Waals surface area contributed by atoms with Gasteiger partial charge in [0.25, 0.3) is 0 Å². The Labute approximate surface area is 67.6 Å². The van der Waals surface area contributed by atoms with E-state index in [2.05, 4.69) is 11.4 Å². The molecule has 0 aromatic carbocycles. The van der Waals surface area contributed by atoms with Crippen LogP contribution < -0.4 is 5.32 Å². The van der Waals surface area contributed by atoms with E-state index in [1.54, 1.807) is 0 Å². The summed E-state index contributed by atoms with van der Waals surface area (Å²) in [5.41, 5.74) is 1.32. The molecule has 0 saturated heterocycles. The van der Waals surface area contributed by atoms with Gasteiger partial charge in [-0.15, -0.1) is 0 Å². The zero-order valence-corrected chi connectivity index (χ0v) is 7.40. The third-order valence-electron chi connectivity index (χ3n) is 1.79. The summed E-state index contributed by atoms with van der Waals surface area (Å²) in [5, 5.41) is 3.11. The molecule has 0 amide bonds. The van der Waals surface area contributed by atoms with Gasteiger partial charge in [-0.25, -0.2) is 0 Å². The molecular formula is C9H15NO. The van der Waals surface area contributed by atoms with Crippen molar-refractivity contribution >= 4 is 0 Å². The van der Waals surface area contributed by atoms with Crippen molar-refractivity contribution in [1.29, 1.82) is 0 Å². The molecule has 2 heteroatoms. The van der Waals surface area contributed by atoms with Gasteiger partial charge in [-0.3, -0.25) is 0 Å². The van der Waals surface area contributed by atoms with Crippen molar-refractivity contribution in [3.63, 3.8) is 0 Å². The highest BCUT2D eigenvalue weighted by Crippen LogP contribution is 2.13. The molecule has 0 aliphatic carbocycles. The van der Waals surface area contributed by atoms with Crippen LogP contribution in [-0.4, -0.2) is 13.6 Å². The Bertz CT molecular complexity index is 227. The lowest BCUT2D eigenvalue weighted by atomic mass is 10.2. The minimum Gasteiger partial charge on any atom is -0.466 e. The van der Waals surface area contributed by atoms with Crippen LogP contribution in [0.4, 0.5) is 0 Å². The number of hydrogen-bond donors (Lipinski definition) is 1. The summed E-state index contributed by atoms with van der Waals surface area (Å²) in [6.45, 7) is 5.01. The lowest BCUT2D eigenvalue weighted by Gasteiger charge is -1.95. The number of rotatable bonds is 3. The van der Waals surface area contributed by atoms with E-state index in [0.29, 0.717) is 0 Å². The molecule has 0 atom stereocenters. The first-order chi connectivity index (χ1) is 5.24. The van der Waals surface area contributed by atoms with Gasteiger partial charge < -0.3 is 9.73 Å². The second-order valence-electron chi connectivity index (χ2n) is 2.79. The van der Waals surface area contributed by atoms with E-state index >= 15 is 0 Å². The first-order valence-electron chi connectivity index (χ1n) is 3.94. The molecule has 0 radical (unpaired) electrons. The van der Waals surface area contributed by atoms with Gasteiger partial charge in [-0.1, -0.05) is 0 Å². The summed E-state index contributed by atoms with van der Waals surface area (Å²) in [6.07, 6.45) is 1.06. The molecule has 11 heavy (non-hydrogen) atoms. The number of nitrogens with one attached hydrogen (secondary N) is 1. The predicted octanol–water partition coefficient (Wildman–Crippen LogP) is 1.66. The molecule has 2 nitrogen and oxygen atoms in total. The van der Waals surface area contributed by atoms with Gasteiger partial charge in [0.15, 0.2) is 0 Å². The van der Waals surface area contributed by atoms with Crippen molar-refractivity contribution in [2.24, 2.45) is 0 Å². The van der Waals surface area contributed by atoms with E-state index < -0.39 is 0 Å². The number of aryl methyl sites for hydroxylation is 2. The Morgan fingerprint density at radius 1 is 1.45 bits per heavy atom. The van der Waals surface area contributed by atoms with Crippen LogP contribution in [0, 0.1) is 13.8 Å². The Hall–Kier alpha value is -0.760. The topological polar surface area (TPSA) is 25.2 Å². The lowest BCUT2D eigenvalue weighted by molar-refractivity contribution is 0.501. The Morgan fingerprint density at radius 2 is 2.18 bits per heavy atom. The maximum atomic E-state index is 5.38. The Balaban J connectivity index is 2.62. The van der Waals surface area contributed by atoms with Gasteiger partial charge in [-0.05, 0) is 45.5 Å². The summed E-state index contributed by atoms with van der Waals surface area (Å²) in [6, 6.07) is 2.10. The van der Waals surface area contributed by atoms with Gasteiger partial charge in [0.1, 0.15) is 11.5 Å². The SMILES string of the molecule is CNCCc1cc(C)oc1C. The van der Waals surface area contributed by atoms with Crippen LogP contribution in [0.5, 0.6) is 0 Å². The van der Waals surface area contributed by atoms with Crippen molar-refractivity contribution in [2.45, 2.75) is 20.3 Å². The molecule has 0 saturated carbocycles. The number of hydrogen-bond acceptors (Lipinski definition) is 2. The van der Waals surface area contributed by atoms with Crippen LogP contribution >= 0.6 is 0 Å². The molecule has 0 fully saturated rings. The predicted molar refractivity (Wildman–Crippen MR) is 45.8 cm³/mol. The van der Waals surface area contributed by atoms with Crippen LogP contribution in [0.2, 0.25) is 0 Å². The second-order valence-corrected chi connectivity index (χ2v) is 2.79. The van der Waals surface area contributed by atoms with Crippen LogP contribution in [-0.2, 0) is 6.42 Å². The van der Waals surface area contributed by atoms with Crippen molar-refractivity contribution in [2.75, 3.05) is 13.6 Å². The van der Waals surface area contributed by atoms with Crippen molar-refractivity contribution in [1.82, 2.24) is 5.32 Å². The highest BCUT2D eigenvalue weighted by Gasteiger charge is 2.02. The highest BCUT2D eigenvalue weighted by atomic mass is 16.3. The average molecular weight is 153 g/mol. The summed E-state index contributed by atoms with van der Waals surface area (Å²) >= 11 is 0. The van der Waals surface area contributed by atoms with E-state index in [1.807, 2.05) is 20.9 Å². The maximum absolute atomic E-state index is 5.38. The van der Waals surface area contributed by atoms with Crippen molar-refractivity contribution < 1.29 is 4.42 Å². The molecule has 1 aromatic rings. The molecule has 1 N–H and O–H groups in total. The molecule has 0 aliphatic heterocycles. The molecule has 0 unspecified atom stereocenters. The molecule has 1 rings (SSSR count). The minimum atomic E-state index is 1.01. The van der Waals surface area contributed by atoms with E-state index in [-0.39, 0.29) is 0 Å². The van der Waals surface area contributed by atoms with Crippen LogP contribution in [0.25, 0.3) is 0 Å². The van der Waals surface area contributed by atoms with Crippen LogP contribution in [0.3, 0.4) is 0 Å². The first kappa shape index (κ1) is 8.34. The highest BCUT2D eigenvalue weighted by molar-refractivity contribution is 5.20. The average Bonchev–Trinajstić information content (AvgIpc) is 2.26. The molecular weight excluding hydrogens is 138 g/mol. The van der Waals surface area contributed by atoms with Crippen molar-refractivity contribution in [3.8, 4) is 0 Å². The zero-order chi connectivity index (χ0) is 8.27. The summed E-state index contributed by atoms with van der Waals surface area (Å²) in [4.78, 5) is 0. The quantitative estimate of drug-likeness (QED) is 0.714. The van der Waals surface area contributed by atoms with Gasteiger partial charge in [0, 0.05) is 0 Å². The standard InChI is InChI=1S/C9H15NO/c1-7-6-9(4-5-10-3)8(2)11-7/h6,10H,4-5H2,1-3H3. The molecule has 0 bridgehead atoms. The third kappa shape index (κ3) is 2.09. The maximum Gasteiger partial charge on any atom is 0.104 e. The summed E-state index contributed by atoms with van der Waals surface area (Å²) in [5.74, 6) is 2.06. The second kappa shape index (κ2) is 3.58. The molecule has 0 aliphatic rings. The van der Waals surface area contributed by atoms with E-state index in [0.717, 1.165) is 24.5 Å².